The molecule has 0 bridgehead atoms. The number of H-pyrrole nitrogens is 1. The van der Waals surface area contributed by atoms with Gasteiger partial charge in [0.25, 0.3) is 11.5 Å². The summed E-state index contributed by atoms with van der Waals surface area (Å²) in [7, 11) is 0. The van der Waals surface area contributed by atoms with Crippen molar-refractivity contribution in [1.82, 2.24) is 10.3 Å². The first kappa shape index (κ1) is 20.4. The van der Waals surface area contributed by atoms with Gasteiger partial charge in [0, 0.05) is 0 Å². The number of carbonyl (C=O) groups excluding carboxylic acids is 1. The summed E-state index contributed by atoms with van der Waals surface area (Å²) in [5.74, 6) is 0.160. The minimum atomic E-state index is -0.442. The van der Waals surface area contributed by atoms with Gasteiger partial charge in [-0.2, -0.15) is 0 Å². The highest BCUT2D eigenvalue weighted by Gasteiger charge is 2.18. The molecule has 0 radical (unpaired) electrons. The van der Waals surface area contributed by atoms with Gasteiger partial charge >= 0.3 is 0 Å². The second kappa shape index (κ2) is 9.76. The van der Waals surface area contributed by atoms with Crippen LogP contribution in [0.2, 0.25) is 0 Å². The van der Waals surface area contributed by atoms with E-state index in [1.807, 2.05) is 48.5 Å². The summed E-state index contributed by atoms with van der Waals surface area (Å²) in [5, 5.41) is 3.05. The molecular formula is C26H24N2O3. The first-order valence-corrected chi connectivity index (χ1v) is 10.4. The van der Waals surface area contributed by atoms with E-state index in [0.29, 0.717) is 11.5 Å². The molecule has 1 unspecified atom stereocenters. The molecule has 0 aliphatic carbocycles. The topological polar surface area (TPSA) is 75.1 Å². The minimum Gasteiger partial charge on any atom is -0.463 e. The van der Waals surface area contributed by atoms with Gasteiger partial charge < -0.3 is 14.7 Å². The van der Waals surface area contributed by atoms with Crippen LogP contribution in [-0.4, -0.2) is 10.9 Å². The van der Waals surface area contributed by atoms with Crippen molar-refractivity contribution >= 4 is 5.91 Å². The number of amides is 1. The van der Waals surface area contributed by atoms with Gasteiger partial charge in [-0.1, -0.05) is 60.7 Å². The number of hydrogen-bond acceptors (Lipinski definition) is 3. The second-order valence-corrected chi connectivity index (χ2v) is 7.41. The minimum absolute atomic E-state index is 0.0827. The predicted octanol–water partition coefficient (Wildman–Crippen LogP) is 5.13. The fraction of sp³-hybridized carbons (Fsp3) is 0.154. The number of nitrogens with one attached hydrogen (secondary N) is 2. The van der Waals surface area contributed by atoms with Crippen LogP contribution >= 0.6 is 0 Å². The molecule has 0 saturated heterocycles. The lowest BCUT2D eigenvalue weighted by molar-refractivity contribution is 0.0932. The van der Waals surface area contributed by atoms with Gasteiger partial charge in [0.15, 0.2) is 0 Å². The fourth-order valence-corrected chi connectivity index (χ4v) is 3.63. The van der Waals surface area contributed by atoms with E-state index in [-0.39, 0.29) is 17.5 Å². The Bertz CT molecular complexity index is 1170. The molecule has 5 nitrogen and oxygen atoms in total. The number of rotatable bonds is 8. The van der Waals surface area contributed by atoms with E-state index < -0.39 is 5.56 Å². The van der Waals surface area contributed by atoms with Crippen LogP contribution in [-0.2, 0) is 6.42 Å². The highest BCUT2D eigenvalue weighted by Crippen LogP contribution is 2.21. The van der Waals surface area contributed by atoms with Crippen molar-refractivity contribution in [3.05, 3.63) is 118 Å². The third-order valence-electron chi connectivity index (χ3n) is 5.25. The van der Waals surface area contributed by atoms with Crippen molar-refractivity contribution in [3.63, 3.8) is 0 Å². The van der Waals surface area contributed by atoms with Crippen LogP contribution in [0.3, 0.4) is 0 Å². The molecule has 1 amide bonds. The van der Waals surface area contributed by atoms with Crippen molar-refractivity contribution < 1.29 is 9.21 Å². The van der Waals surface area contributed by atoms with E-state index in [1.165, 1.54) is 17.9 Å². The Morgan fingerprint density at radius 1 is 0.903 bits per heavy atom. The Morgan fingerprint density at radius 2 is 1.65 bits per heavy atom. The molecule has 156 valence electrons. The van der Waals surface area contributed by atoms with Gasteiger partial charge in [0.1, 0.15) is 11.3 Å². The van der Waals surface area contributed by atoms with Crippen LogP contribution in [0.5, 0.6) is 0 Å². The molecule has 0 saturated carbocycles. The van der Waals surface area contributed by atoms with E-state index in [9.17, 15) is 9.59 Å². The molecule has 0 spiro atoms. The highest BCUT2D eigenvalue weighted by molar-refractivity contribution is 5.94. The Balaban J connectivity index is 1.48. The van der Waals surface area contributed by atoms with Crippen molar-refractivity contribution in [2.24, 2.45) is 0 Å². The van der Waals surface area contributed by atoms with E-state index in [4.69, 9.17) is 4.42 Å². The molecule has 1 atom stereocenters. The first-order chi connectivity index (χ1) is 15.2. The van der Waals surface area contributed by atoms with Crippen molar-refractivity contribution in [3.8, 4) is 11.5 Å². The molecule has 2 N–H and O–H groups in total. The number of carbonyl (C=O) groups is 1. The Morgan fingerprint density at radius 3 is 2.32 bits per heavy atom. The fourth-order valence-electron chi connectivity index (χ4n) is 3.63. The summed E-state index contributed by atoms with van der Waals surface area (Å²) in [6.07, 6.45) is 4.15. The molecule has 2 aromatic heterocycles. The van der Waals surface area contributed by atoms with E-state index >= 15 is 0 Å². The summed E-state index contributed by atoms with van der Waals surface area (Å²) in [6.45, 7) is 0. The second-order valence-electron chi connectivity index (χ2n) is 7.41. The lowest BCUT2D eigenvalue weighted by Gasteiger charge is -2.19. The summed E-state index contributed by atoms with van der Waals surface area (Å²) >= 11 is 0. The molecule has 2 aromatic carbocycles. The largest absolute Gasteiger partial charge is 0.463 e. The van der Waals surface area contributed by atoms with Crippen LogP contribution in [0.25, 0.3) is 11.5 Å². The standard InChI is InChI=1S/C26H24N2O3/c29-25(21-16-17-23(28-26(21)30)24-15-8-18-31-24)27-22(20-12-5-2-6-13-20)14-7-11-19-9-3-1-4-10-19/h1-6,8-10,12-13,15-18,22H,7,11,14H2,(H,27,29)(H,28,30). The number of pyridine rings is 1. The van der Waals surface area contributed by atoms with E-state index in [2.05, 4.69) is 22.4 Å². The molecule has 31 heavy (non-hydrogen) atoms. The van der Waals surface area contributed by atoms with Gasteiger partial charge in [-0.3, -0.25) is 9.59 Å². The van der Waals surface area contributed by atoms with Gasteiger partial charge in [0.05, 0.1) is 18.0 Å². The quantitative estimate of drug-likeness (QED) is 0.421. The first-order valence-electron chi connectivity index (χ1n) is 10.4. The maximum atomic E-state index is 12.9. The number of hydrogen-bond donors (Lipinski definition) is 2. The SMILES string of the molecule is O=C(NC(CCCc1ccccc1)c1ccccc1)c1ccc(-c2ccco2)[nH]c1=O. The van der Waals surface area contributed by atoms with Crippen LogP contribution in [0, 0.1) is 0 Å². The van der Waals surface area contributed by atoms with Crippen molar-refractivity contribution in [2.45, 2.75) is 25.3 Å². The Labute approximate surface area is 180 Å². The number of furan rings is 1. The maximum absolute atomic E-state index is 12.9. The lowest BCUT2D eigenvalue weighted by Crippen LogP contribution is -2.33. The summed E-state index contributed by atoms with van der Waals surface area (Å²) in [6, 6.07) is 26.7. The number of benzene rings is 2. The smallest absolute Gasteiger partial charge is 0.261 e. The molecule has 4 aromatic rings. The highest BCUT2D eigenvalue weighted by atomic mass is 16.3. The van der Waals surface area contributed by atoms with Crippen molar-refractivity contribution in [1.29, 1.82) is 0 Å². The van der Waals surface area contributed by atoms with Crippen LogP contribution in [0.15, 0.2) is 100 Å². The third kappa shape index (κ3) is 5.20. The van der Waals surface area contributed by atoms with Crippen LogP contribution in [0.1, 0.15) is 40.4 Å². The summed E-state index contributed by atoms with van der Waals surface area (Å²) in [5.41, 5.74) is 2.47. The predicted molar refractivity (Wildman–Crippen MR) is 121 cm³/mol. The number of aromatic nitrogens is 1. The number of aryl methyl sites for hydroxylation is 1. The molecule has 5 heteroatoms. The van der Waals surface area contributed by atoms with Gasteiger partial charge in [0.2, 0.25) is 0 Å². The van der Waals surface area contributed by atoms with E-state index in [0.717, 1.165) is 24.8 Å². The molecule has 2 heterocycles. The molecular weight excluding hydrogens is 388 g/mol. The van der Waals surface area contributed by atoms with Crippen LogP contribution in [0.4, 0.5) is 0 Å². The monoisotopic (exact) mass is 412 g/mol. The molecule has 4 rings (SSSR count). The average molecular weight is 412 g/mol. The van der Waals surface area contributed by atoms with Crippen molar-refractivity contribution in [2.75, 3.05) is 0 Å². The third-order valence-corrected chi connectivity index (χ3v) is 5.25. The maximum Gasteiger partial charge on any atom is 0.261 e. The van der Waals surface area contributed by atoms with Gasteiger partial charge in [-0.25, -0.2) is 0 Å². The number of aromatic amines is 1. The zero-order valence-corrected chi connectivity index (χ0v) is 17.1. The molecule has 0 aliphatic heterocycles. The summed E-state index contributed by atoms with van der Waals surface area (Å²) in [4.78, 5) is 28.2. The average Bonchev–Trinajstić information content (AvgIpc) is 3.34. The molecule has 0 fully saturated rings. The zero-order chi connectivity index (χ0) is 21.5. The van der Waals surface area contributed by atoms with Crippen LogP contribution < -0.4 is 10.9 Å². The van der Waals surface area contributed by atoms with Gasteiger partial charge in [-0.05, 0) is 54.7 Å². The van der Waals surface area contributed by atoms with Gasteiger partial charge in [-0.15, -0.1) is 0 Å². The Hall–Kier alpha value is -3.86. The Kier molecular flexibility index (Phi) is 6.43. The lowest BCUT2D eigenvalue weighted by atomic mass is 9.98. The van der Waals surface area contributed by atoms with E-state index in [1.54, 1.807) is 18.2 Å². The zero-order valence-electron chi connectivity index (χ0n) is 17.1. The molecule has 0 aliphatic rings. The normalized spacial score (nSPS) is 11.7. The summed E-state index contributed by atoms with van der Waals surface area (Å²) < 4.78 is 5.31.